The van der Waals surface area contributed by atoms with Gasteiger partial charge in [0.25, 0.3) is 0 Å². The highest BCUT2D eigenvalue weighted by molar-refractivity contribution is 6.12. The van der Waals surface area contributed by atoms with E-state index in [1.54, 1.807) is 0 Å². The minimum atomic E-state index is 0.857. The third-order valence-corrected chi connectivity index (χ3v) is 10.2. The molecule has 0 aliphatic rings. The second-order valence-corrected chi connectivity index (χ2v) is 13.4. The van der Waals surface area contributed by atoms with Crippen LogP contribution in [0, 0.1) is 0 Å². The van der Waals surface area contributed by atoms with Gasteiger partial charge in [0, 0.05) is 22.1 Å². The maximum absolute atomic E-state index is 6.76. The van der Waals surface area contributed by atoms with Crippen LogP contribution in [0.25, 0.3) is 76.9 Å². The van der Waals surface area contributed by atoms with E-state index in [1.807, 2.05) is 6.07 Å². The third kappa shape index (κ3) is 5.21. The summed E-state index contributed by atoms with van der Waals surface area (Å²) in [5.41, 5.74) is 11.9. The Morgan fingerprint density at radius 3 is 1.71 bits per heavy atom. The summed E-state index contributed by atoms with van der Waals surface area (Å²) in [4.78, 5) is 2.34. The van der Waals surface area contributed by atoms with Gasteiger partial charge >= 0.3 is 0 Å². The third-order valence-electron chi connectivity index (χ3n) is 10.2. The van der Waals surface area contributed by atoms with Crippen LogP contribution in [0.2, 0.25) is 0 Å². The molecule has 0 saturated carbocycles. The van der Waals surface area contributed by atoms with Crippen molar-refractivity contribution in [3.63, 3.8) is 0 Å². The second kappa shape index (κ2) is 12.5. The van der Waals surface area contributed by atoms with Gasteiger partial charge in [0.05, 0.1) is 5.69 Å². The average molecular weight is 664 g/mol. The summed E-state index contributed by atoms with van der Waals surface area (Å²) in [6.45, 7) is 0. The van der Waals surface area contributed by atoms with Gasteiger partial charge in [-0.25, -0.2) is 0 Å². The number of para-hydroxylation sites is 1. The topological polar surface area (TPSA) is 16.4 Å². The van der Waals surface area contributed by atoms with Crippen molar-refractivity contribution in [3.05, 3.63) is 200 Å². The largest absolute Gasteiger partial charge is 0.454 e. The minimum absolute atomic E-state index is 0.857. The summed E-state index contributed by atoms with van der Waals surface area (Å²) >= 11 is 0. The van der Waals surface area contributed by atoms with E-state index in [1.165, 1.54) is 43.8 Å². The van der Waals surface area contributed by atoms with Crippen LogP contribution in [0.4, 0.5) is 17.1 Å². The first-order chi connectivity index (χ1) is 25.8. The van der Waals surface area contributed by atoms with Gasteiger partial charge in [0.1, 0.15) is 5.58 Å². The normalized spacial score (nSPS) is 11.5. The van der Waals surface area contributed by atoms with Crippen molar-refractivity contribution >= 4 is 60.5 Å². The molecule has 0 bridgehead atoms. The Labute approximate surface area is 302 Å². The van der Waals surface area contributed by atoms with E-state index < -0.39 is 0 Å². The van der Waals surface area contributed by atoms with Crippen molar-refractivity contribution in [1.29, 1.82) is 0 Å². The lowest BCUT2D eigenvalue weighted by molar-refractivity contribution is 0.669. The molecule has 10 aromatic rings. The van der Waals surface area contributed by atoms with E-state index in [2.05, 4.69) is 199 Å². The van der Waals surface area contributed by atoms with Gasteiger partial charge in [-0.15, -0.1) is 0 Å². The van der Waals surface area contributed by atoms with Crippen molar-refractivity contribution in [2.75, 3.05) is 4.90 Å². The average Bonchev–Trinajstić information content (AvgIpc) is 3.60. The molecule has 0 aliphatic heterocycles. The first kappa shape index (κ1) is 30.0. The van der Waals surface area contributed by atoms with Gasteiger partial charge in [-0.2, -0.15) is 0 Å². The number of furan rings is 1. The molecule has 0 unspecified atom stereocenters. The van der Waals surface area contributed by atoms with Gasteiger partial charge < -0.3 is 9.32 Å². The van der Waals surface area contributed by atoms with Gasteiger partial charge in [0.15, 0.2) is 5.58 Å². The zero-order valence-corrected chi connectivity index (χ0v) is 28.4. The molecule has 2 heteroatoms. The van der Waals surface area contributed by atoms with Crippen LogP contribution < -0.4 is 4.90 Å². The van der Waals surface area contributed by atoms with Crippen molar-refractivity contribution in [3.8, 4) is 33.4 Å². The molecule has 0 aliphatic carbocycles. The second-order valence-electron chi connectivity index (χ2n) is 13.4. The summed E-state index contributed by atoms with van der Waals surface area (Å²) in [5.74, 6) is 0. The Morgan fingerprint density at radius 1 is 0.327 bits per heavy atom. The van der Waals surface area contributed by atoms with E-state index in [4.69, 9.17) is 4.42 Å². The van der Waals surface area contributed by atoms with Crippen molar-refractivity contribution in [2.45, 2.75) is 0 Å². The number of hydrogen-bond acceptors (Lipinski definition) is 2. The highest BCUT2D eigenvalue weighted by Gasteiger charge is 2.22. The molecular weight excluding hydrogens is 631 g/mol. The van der Waals surface area contributed by atoms with Crippen LogP contribution in [0.15, 0.2) is 205 Å². The van der Waals surface area contributed by atoms with Gasteiger partial charge in [-0.05, 0) is 103 Å². The molecule has 0 spiro atoms. The lowest BCUT2D eigenvalue weighted by atomic mass is 9.97. The SMILES string of the molecule is c1ccc(-c2ccc(N(c3ccc(-c4cccc5ccccc45)cc3)c3cc(-c4ccc5ccccc5c4)cc4c3oc3ccccc34)cc2)cc1. The molecule has 0 amide bonds. The van der Waals surface area contributed by atoms with Crippen LogP contribution in [0.3, 0.4) is 0 Å². The van der Waals surface area contributed by atoms with E-state index >= 15 is 0 Å². The molecule has 0 N–H and O–H groups in total. The predicted molar refractivity (Wildman–Crippen MR) is 220 cm³/mol. The number of benzene rings is 9. The van der Waals surface area contributed by atoms with Crippen molar-refractivity contribution in [1.82, 2.24) is 0 Å². The summed E-state index contributed by atoms with van der Waals surface area (Å²) in [6.07, 6.45) is 0. The fourth-order valence-corrected chi connectivity index (χ4v) is 7.64. The van der Waals surface area contributed by atoms with Crippen LogP contribution in [-0.4, -0.2) is 0 Å². The molecule has 1 heterocycles. The molecule has 9 aromatic carbocycles. The highest BCUT2D eigenvalue weighted by Crippen LogP contribution is 2.45. The number of hydrogen-bond donors (Lipinski definition) is 0. The molecule has 0 atom stereocenters. The van der Waals surface area contributed by atoms with Gasteiger partial charge in [0.2, 0.25) is 0 Å². The summed E-state index contributed by atoms with van der Waals surface area (Å²) in [5, 5.41) is 7.13. The number of fused-ring (bicyclic) bond motifs is 5. The van der Waals surface area contributed by atoms with Gasteiger partial charge in [-0.3, -0.25) is 0 Å². The minimum Gasteiger partial charge on any atom is -0.454 e. The monoisotopic (exact) mass is 663 g/mol. The molecule has 244 valence electrons. The molecule has 0 fully saturated rings. The standard InChI is InChI=1S/C50H33NO/c1-2-11-34(12-3-1)36-23-27-42(28-24-36)51(43-29-25-38(26-30-43)45-19-10-16-37-14-6-7-17-44(37)45)48-33-41(40-22-21-35-13-4-5-15-39(35)31-40)32-47-46-18-8-9-20-49(46)52-50(47)48/h1-33H. The summed E-state index contributed by atoms with van der Waals surface area (Å²) < 4.78 is 6.76. The zero-order chi connectivity index (χ0) is 34.4. The number of rotatable bonds is 6. The predicted octanol–water partition coefficient (Wildman–Crippen LogP) is 14.4. The Morgan fingerprint density at radius 2 is 0.923 bits per heavy atom. The quantitative estimate of drug-likeness (QED) is 0.176. The van der Waals surface area contributed by atoms with E-state index in [0.29, 0.717) is 0 Å². The van der Waals surface area contributed by atoms with Crippen LogP contribution in [-0.2, 0) is 0 Å². The Kier molecular flexibility index (Phi) is 7.18. The molecule has 0 radical (unpaired) electrons. The molecule has 0 saturated heterocycles. The molecule has 52 heavy (non-hydrogen) atoms. The first-order valence-corrected chi connectivity index (χ1v) is 17.8. The molecule has 2 nitrogen and oxygen atoms in total. The molecule has 10 rings (SSSR count). The van der Waals surface area contributed by atoms with E-state index in [0.717, 1.165) is 50.1 Å². The van der Waals surface area contributed by atoms with Crippen LogP contribution in [0.1, 0.15) is 0 Å². The van der Waals surface area contributed by atoms with Crippen molar-refractivity contribution in [2.24, 2.45) is 0 Å². The number of anilines is 3. The lowest BCUT2D eigenvalue weighted by Gasteiger charge is -2.27. The van der Waals surface area contributed by atoms with Crippen molar-refractivity contribution < 1.29 is 4.42 Å². The summed E-state index contributed by atoms with van der Waals surface area (Å²) in [7, 11) is 0. The highest BCUT2D eigenvalue weighted by atomic mass is 16.3. The maximum atomic E-state index is 6.76. The van der Waals surface area contributed by atoms with Crippen LogP contribution in [0.5, 0.6) is 0 Å². The Hall–Kier alpha value is -6.90. The first-order valence-electron chi connectivity index (χ1n) is 17.8. The molecule has 1 aromatic heterocycles. The van der Waals surface area contributed by atoms with E-state index in [-0.39, 0.29) is 0 Å². The maximum Gasteiger partial charge on any atom is 0.159 e. The molecular formula is C50H33NO. The fraction of sp³-hybridized carbons (Fsp3) is 0. The van der Waals surface area contributed by atoms with Gasteiger partial charge in [-0.1, -0.05) is 152 Å². The number of nitrogens with zero attached hydrogens (tertiary/aromatic N) is 1. The zero-order valence-electron chi connectivity index (χ0n) is 28.4. The Balaban J connectivity index is 1.19. The Bertz CT molecular complexity index is 2880. The lowest BCUT2D eigenvalue weighted by Crippen LogP contribution is -2.10. The van der Waals surface area contributed by atoms with Crippen LogP contribution >= 0.6 is 0 Å². The smallest absolute Gasteiger partial charge is 0.159 e. The fourth-order valence-electron chi connectivity index (χ4n) is 7.64. The van der Waals surface area contributed by atoms with E-state index in [9.17, 15) is 0 Å². The summed E-state index contributed by atoms with van der Waals surface area (Å²) in [6, 6.07) is 71.7.